The van der Waals surface area contributed by atoms with Crippen LogP contribution in [0.4, 0.5) is 0 Å². The number of hydrogen-bond donors (Lipinski definition) is 0. The quantitative estimate of drug-likeness (QED) is 0.557. The third-order valence-corrected chi connectivity index (χ3v) is 2.08. The molecule has 0 fully saturated rings. The van der Waals surface area contributed by atoms with Crippen LogP contribution >= 0.6 is 0 Å². The first kappa shape index (κ1) is 11.8. The van der Waals surface area contributed by atoms with E-state index in [0.29, 0.717) is 13.2 Å². The summed E-state index contributed by atoms with van der Waals surface area (Å²) in [4.78, 5) is 7.98. The Bertz CT molecular complexity index is 384. The van der Waals surface area contributed by atoms with Gasteiger partial charge in [-0.25, -0.2) is 0 Å². The number of nitrogens with zero attached hydrogens (tertiary/aromatic N) is 2. The van der Waals surface area contributed by atoms with Crippen LogP contribution < -0.4 is 0 Å². The fourth-order valence-corrected chi connectivity index (χ4v) is 1.28. The van der Waals surface area contributed by atoms with Crippen LogP contribution in [0.2, 0.25) is 0 Å². The van der Waals surface area contributed by atoms with Gasteiger partial charge < -0.3 is 9.31 Å². The number of hydrogen-bond acceptors (Lipinski definition) is 4. The molecule has 0 bridgehead atoms. The maximum absolute atomic E-state index is 5.23. The number of rotatable bonds is 6. The Morgan fingerprint density at radius 2 is 1.41 bits per heavy atom. The molecule has 0 spiro atoms. The minimum atomic E-state index is 0.459. The summed E-state index contributed by atoms with van der Waals surface area (Å²) in [7, 11) is 1.35. The highest BCUT2D eigenvalue weighted by Crippen LogP contribution is 1.99. The Kier molecular flexibility index (Phi) is 4.69. The van der Waals surface area contributed by atoms with Crippen molar-refractivity contribution in [3.8, 4) is 0 Å². The van der Waals surface area contributed by atoms with Crippen molar-refractivity contribution in [1.82, 2.24) is 9.97 Å². The van der Waals surface area contributed by atoms with Gasteiger partial charge in [-0.05, 0) is 23.3 Å². The predicted octanol–water partition coefficient (Wildman–Crippen LogP) is 1.74. The summed E-state index contributed by atoms with van der Waals surface area (Å²) in [5.41, 5.74) is 2.02. The van der Waals surface area contributed by atoms with E-state index in [2.05, 4.69) is 9.97 Å². The average molecular weight is 227 g/mol. The van der Waals surface area contributed by atoms with Crippen molar-refractivity contribution in [2.75, 3.05) is 0 Å². The predicted molar refractivity (Wildman–Crippen MR) is 63.8 cm³/mol. The molecule has 0 saturated carbocycles. The first-order valence-corrected chi connectivity index (χ1v) is 5.28. The van der Waals surface area contributed by atoms with Crippen molar-refractivity contribution in [2.24, 2.45) is 0 Å². The van der Waals surface area contributed by atoms with Crippen molar-refractivity contribution in [3.05, 3.63) is 60.2 Å². The first-order valence-electron chi connectivity index (χ1n) is 5.28. The molecule has 2 aromatic heterocycles. The highest BCUT2D eigenvalue weighted by Gasteiger charge is 1.97. The highest BCUT2D eigenvalue weighted by molar-refractivity contribution is 6.17. The van der Waals surface area contributed by atoms with Crippen molar-refractivity contribution >= 4 is 7.69 Å². The molecule has 0 saturated heterocycles. The number of aromatic nitrogens is 2. The third kappa shape index (κ3) is 4.34. The van der Waals surface area contributed by atoms with E-state index in [1.54, 1.807) is 24.8 Å². The van der Waals surface area contributed by atoms with Gasteiger partial charge in [0.25, 0.3) is 0 Å². The van der Waals surface area contributed by atoms with Crippen LogP contribution in [0, 0.1) is 0 Å². The molecule has 4 nitrogen and oxygen atoms in total. The summed E-state index contributed by atoms with van der Waals surface area (Å²) in [6.07, 6.45) is 6.97. The molecule has 0 aliphatic heterocycles. The molecular weight excluding hydrogens is 215 g/mol. The van der Waals surface area contributed by atoms with E-state index in [1.165, 1.54) is 7.69 Å². The van der Waals surface area contributed by atoms with Gasteiger partial charge in [0.05, 0.1) is 13.2 Å². The van der Waals surface area contributed by atoms with E-state index < -0.39 is 0 Å². The molecule has 85 valence electrons. The molecule has 0 aliphatic rings. The summed E-state index contributed by atoms with van der Waals surface area (Å²) in [6, 6.07) is 7.63. The molecule has 2 heterocycles. The molecule has 0 aliphatic carbocycles. The first-order chi connectivity index (χ1) is 8.45. The Labute approximate surface area is 101 Å². The second kappa shape index (κ2) is 6.78. The zero-order valence-electron chi connectivity index (χ0n) is 9.32. The highest BCUT2D eigenvalue weighted by atomic mass is 16.6. The van der Waals surface area contributed by atoms with Gasteiger partial charge >= 0.3 is 7.69 Å². The van der Waals surface area contributed by atoms with Crippen LogP contribution in [0.3, 0.4) is 0 Å². The standard InChI is InChI=1S/C12H12BN2O2/c1-3-11(7-14-5-1)9-16-13-17-10-12-4-2-6-15-8-12/h1-8H,9-10H2. The fraction of sp³-hybridized carbons (Fsp3) is 0.167. The Balaban J connectivity index is 1.61. The molecule has 2 aromatic rings. The molecule has 5 heteroatoms. The molecule has 17 heavy (non-hydrogen) atoms. The topological polar surface area (TPSA) is 44.2 Å². The summed E-state index contributed by atoms with van der Waals surface area (Å²) in [5, 5.41) is 0. The maximum atomic E-state index is 5.23. The van der Waals surface area contributed by atoms with Crippen LogP contribution in [-0.4, -0.2) is 17.7 Å². The van der Waals surface area contributed by atoms with Gasteiger partial charge in [0.15, 0.2) is 0 Å². The average Bonchev–Trinajstić information content (AvgIpc) is 2.41. The molecule has 0 unspecified atom stereocenters. The Morgan fingerprint density at radius 3 is 1.82 bits per heavy atom. The minimum absolute atomic E-state index is 0.459. The van der Waals surface area contributed by atoms with E-state index in [9.17, 15) is 0 Å². The van der Waals surface area contributed by atoms with Gasteiger partial charge in [0.2, 0.25) is 0 Å². The molecule has 0 aromatic carbocycles. The van der Waals surface area contributed by atoms with Crippen molar-refractivity contribution in [3.63, 3.8) is 0 Å². The number of pyridine rings is 2. The molecule has 0 N–H and O–H groups in total. The summed E-state index contributed by atoms with van der Waals surface area (Å²) >= 11 is 0. The molecule has 2 rings (SSSR count). The van der Waals surface area contributed by atoms with Gasteiger partial charge in [-0.3, -0.25) is 9.97 Å². The maximum Gasteiger partial charge on any atom is 0.488 e. The zero-order chi connectivity index (χ0) is 11.8. The normalized spacial score (nSPS) is 10.1. The van der Waals surface area contributed by atoms with Gasteiger partial charge in [-0.15, -0.1) is 0 Å². The van der Waals surface area contributed by atoms with Crippen LogP contribution in [0.1, 0.15) is 11.1 Å². The van der Waals surface area contributed by atoms with E-state index >= 15 is 0 Å². The van der Waals surface area contributed by atoms with E-state index in [1.807, 2.05) is 24.3 Å². The Morgan fingerprint density at radius 1 is 0.882 bits per heavy atom. The SMILES string of the molecule is [B](OCc1cccnc1)OCc1cccnc1. The van der Waals surface area contributed by atoms with E-state index in [-0.39, 0.29) is 0 Å². The van der Waals surface area contributed by atoms with Gasteiger partial charge in [0.1, 0.15) is 0 Å². The van der Waals surface area contributed by atoms with Gasteiger partial charge in [-0.2, -0.15) is 0 Å². The lowest BCUT2D eigenvalue weighted by atomic mass is 10.3. The van der Waals surface area contributed by atoms with Crippen LogP contribution in [0.5, 0.6) is 0 Å². The van der Waals surface area contributed by atoms with Gasteiger partial charge in [0, 0.05) is 24.8 Å². The van der Waals surface area contributed by atoms with Crippen molar-refractivity contribution in [1.29, 1.82) is 0 Å². The lowest BCUT2D eigenvalue weighted by molar-refractivity contribution is 0.207. The molecule has 0 atom stereocenters. The smallest absolute Gasteiger partial charge is 0.409 e. The minimum Gasteiger partial charge on any atom is -0.409 e. The van der Waals surface area contributed by atoms with Crippen molar-refractivity contribution in [2.45, 2.75) is 13.2 Å². The summed E-state index contributed by atoms with van der Waals surface area (Å²) in [5.74, 6) is 0. The Hall–Kier alpha value is -1.72. The largest absolute Gasteiger partial charge is 0.488 e. The third-order valence-electron chi connectivity index (χ3n) is 2.08. The molecule has 0 amide bonds. The second-order valence-corrected chi connectivity index (χ2v) is 3.44. The van der Waals surface area contributed by atoms with E-state index in [4.69, 9.17) is 9.31 Å². The lowest BCUT2D eigenvalue weighted by Gasteiger charge is -2.03. The van der Waals surface area contributed by atoms with Crippen molar-refractivity contribution < 1.29 is 9.31 Å². The van der Waals surface area contributed by atoms with Gasteiger partial charge in [-0.1, -0.05) is 12.1 Å². The molecule has 1 radical (unpaired) electrons. The van der Waals surface area contributed by atoms with E-state index in [0.717, 1.165) is 11.1 Å². The van der Waals surface area contributed by atoms with Crippen LogP contribution in [-0.2, 0) is 22.5 Å². The molecular formula is C12H12BN2O2. The lowest BCUT2D eigenvalue weighted by Crippen LogP contribution is -2.05. The summed E-state index contributed by atoms with van der Waals surface area (Å²) < 4.78 is 10.5. The fourth-order valence-electron chi connectivity index (χ4n) is 1.28. The van der Waals surface area contributed by atoms with Crippen LogP contribution in [0.15, 0.2) is 49.1 Å². The van der Waals surface area contributed by atoms with Crippen LogP contribution in [0.25, 0.3) is 0 Å². The summed E-state index contributed by atoms with van der Waals surface area (Å²) in [6.45, 7) is 0.918. The zero-order valence-corrected chi connectivity index (χ0v) is 9.32. The monoisotopic (exact) mass is 227 g/mol. The second-order valence-electron chi connectivity index (χ2n) is 3.44.